The highest BCUT2D eigenvalue weighted by molar-refractivity contribution is 7.80. The van der Waals surface area contributed by atoms with E-state index in [0.717, 1.165) is 19.3 Å². The Balaban J connectivity index is 1.44. The van der Waals surface area contributed by atoms with Gasteiger partial charge < -0.3 is 9.64 Å². The Bertz CT molecular complexity index is 988. The van der Waals surface area contributed by atoms with Crippen LogP contribution in [0.1, 0.15) is 24.8 Å². The van der Waals surface area contributed by atoms with Crippen LogP contribution in [0.25, 0.3) is 0 Å². The summed E-state index contributed by atoms with van der Waals surface area (Å²) in [6.45, 7) is 0.379. The van der Waals surface area contributed by atoms with E-state index in [1.54, 1.807) is 18.5 Å². The fraction of sp³-hybridized carbons (Fsp3) is 0.292. The molecule has 1 atom stereocenters. The first-order chi connectivity index (χ1) is 15.1. The summed E-state index contributed by atoms with van der Waals surface area (Å²) in [7, 11) is 1.86. The van der Waals surface area contributed by atoms with Gasteiger partial charge in [0.1, 0.15) is 6.61 Å². The third kappa shape index (κ3) is 6.39. The molecule has 0 unspecified atom stereocenters. The van der Waals surface area contributed by atoms with Gasteiger partial charge in [0.25, 0.3) is 0 Å². The number of aliphatic imine (C=N–C) groups is 1. The second-order valence-corrected chi connectivity index (χ2v) is 7.65. The Kier molecular flexibility index (Phi) is 8.18. The molecule has 0 radical (unpaired) electrons. The number of ether oxygens (including phenoxy) is 1. The zero-order valence-corrected chi connectivity index (χ0v) is 18.3. The number of benzene rings is 1. The van der Waals surface area contributed by atoms with E-state index in [4.69, 9.17) is 22.4 Å². The van der Waals surface area contributed by atoms with Crippen molar-refractivity contribution < 1.29 is 9.53 Å². The lowest BCUT2D eigenvalue weighted by atomic mass is 10.1. The molecule has 3 rings (SSSR count). The smallest absolute Gasteiger partial charge is 0.203 e. The number of amidine groups is 1. The third-order valence-corrected chi connectivity index (χ3v) is 5.51. The Morgan fingerprint density at radius 3 is 2.94 bits per heavy atom. The number of aryl methyl sites for hydroxylation is 1. The molecule has 1 aromatic heterocycles. The SMILES string of the molecule is CN1C(=S)[C@@H](/C=C/CC(=O)C(=N)N=CCCCc2ccccc2)COc2cccnc21. The molecule has 1 aliphatic rings. The first-order valence-electron chi connectivity index (χ1n) is 10.3. The average molecular weight is 435 g/mol. The summed E-state index contributed by atoms with van der Waals surface area (Å²) in [6.07, 6.45) is 9.67. The minimum Gasteiger partial charge on any atom is -0.489 e. The Labute approximate surface area is 188 Å². The first-order valence-corrected chi connectivity index (χ1v) is 10.7. The van der Waals surface area contributed by atoms with Gasteiger partial charge in [-0.15, -0.1) is 0 Å². The van der Waals surface area contributed by atoms with Crippen molar-refractivity contribution in [1.29, 1.82) is 5.41 Å². The molecule has 2 heterocycles. The van der Waals surface area contributed by atoms with Gasteiger partial charge in [-0.05, 0) is 37.0 Å². The van der Waals surface area contributed by atoms with E-state index in [1.165, 1.54) is 5.56 Å². The van der Waals surface area contributed by atoms with Gasteiger partial charge in [-0.3, -0.25) is 10.2 Å². The maximum atomic E-state index is 12.2. The summed E-state index contributed by atoms with van der Waals surface area (Å²) in [5, 5.41) is 7.86. The summed E-state index contributed by atoms with van der Waals surface area (Å²) in [5.74, 6) is 0.662. The van der Waals surface area contributed by atoms with Crippen LogP contribution in [0.3, 0.4) is 0 Å². The number of Topliss-reactive ketones (excluding diaryl/α,β-unsaturated/α-hetero) is 1. The number of pyridine rings is 1. The van der Waals surface area contributed by atoms with Crippen molar-refractivity contribution in [1.82, 2.24) is 4.98 Å². The van der Waals surface area contributed by atoms with Crippen LogP contribution in [0.2, 0.25) is 0 Å². The first kappa shape index (κ1) is 22.5. The van der Waals surface area contributed by atoms with Gasteiger partial charge in [-0.25, -0.2) is 9.98 Å². The zero-order valence-electron chi connectivity index (χ0n) is 17.5. The number of unbranched alkanes of at least 4 members (excludes halogenated alkanes) is 1. The molecule has 6 nitrogen and oxygen atoms in total. The third-order valence-electron chi connectivity index (χ3n) is 4.93. The standard InChI is InChI=1S/C24H26N4O2S/c1-28-23-21(14-8-16-27-23)30-17-19(24(28)31)12-7-13-20(29)22(25)26-15-6-5-11-18-9-3-2-4-10-18/h2-4,7-10,12,14-16,19,25H,5-6,11,13,17H2,1H3/b12-7+,25-22?,26-15?/t19-/m0/s1. The summed E-state index contributed by atoms with van der Waals surface area (Å²) in [4.78, 5) is 23.0. The van der Waals surface area contributed by atoms with Gasteiger partial charge in [0.05, 0.1) is 10.9 Å². The molecule has 0 aliphatic carbocycles. The summed E-state index contributed by atoms with van der Waals surface area (Å²) in [5.41, 5.74) is 1.28. The number of thiocarbonyl (C=S) groups is 1. The number of hydrogen-bond acceptors (Lipinski definition) is 5. The van der Waals surface area contributed by atoms with Gasteiger partial charge in [0.2, 0.25) is 5.78 Å². The second-order valence-electron chi connectivity index (χ2n) is 7.23. The maximum absolute atomic E-state index is 12.2. The van der Waals surface area contributed by atoms with Crippen molar-refractivity contribution in [3.63, 3.8) is 0 Å². The van der Waals surface area contributed by atoms with Crippen LogP contribution >= 0.6 is 12.2 Å². The normalized spacial score (nSPS) is 16.2. The number of carbonyl (C=O) groups excluding carboxylic acids is 1. The van der Waals surface area contributed by atoms with Crippen LogP contribution in [-0.2, 0) is 11.2 Å². The number of nitrogens with zero attached hydrogens (tertiary/aromatic N) is 3. The van der Waals surface area contributed by atoms with Crippen molar-refractivity contribution in [3.8, 4) is 5.75 Å². The van der Waals surface area contributed by atoms with E-state index < -0.39 is 0 Å². The van der Waals surface area contributed by atoms with Crippen molar-refractivity contribution in [2.45, 2.75) is 25.7 Å². The largest absolute Gasteiger partial charge is 0.489 e. The van der Waals surface area contributed by atoms with Crippen LogP contribution in [-0.4, -0.2) is 41.5 Å². The molecule has 160 valence electrons. The number of ketones is 1. The zero-order chi connectivity index (χ0) is 22.1. The molecule has 1 aromatic carbocycles. The van der Waals surface area contributed by atoms with Crippen molar-refractivity contribution >= 4 is 40.9 Å². The van der Waals surface area contributed by atoms with E-state index >= 15 is 0 Å². The molecule has 0 saturated heterocycles. The molecule has 0 spiro atoms. The quantitative estimate of drug-likeness (QED) is 0.218. The number of hydrogen-bond donors (Lipinski definition) is 1. The average Bonchev–Trinajstić information content (AvgIpc) is 2.91. The van der Waals surface area contributed by atoms with E-state index in [0.29, 0.717) is 23.2 Å². The van der Waals surface area contributed by atoms with Crippen molar-refractivity contribution in [2.75, 3.05) is 18.6 Å². The minimum atomic E-state index is -0.325. The number of allylic oxidation sites excluding steroid dienone is 1. The molecule has 1 aliphatic heterocycles. The topological polar surface area (TPSA) is 78.6 Å². The molecule has 7 heteroatoms. The number of carbonyl (C=O) groups is 1. The highest BCUT2D eigenvalue weighted by Gasteiger charge is 2.25. The lowest BCUT2D eigenvalue weighted by Gasteiger charge is -2.19. The number of anilines is 1. The molecule has 1 N–H and O–H groups in total. The number of rotatable bonds is 8. The molecule has 0 amide bonds. The molecular weight excluding hydrogens is 408 g/mol. The van der Waals surface area contributed by atoms with Crippen molar-refractivity contribution in [3.05, 3.63) is 66.4 Å². The molecule has 2 aromatic rings. The monoisotopic (exact) mass is 434 g/mol. The molecule has 0 saturated carbocycles. The maximum Gasteiger partial charge on any atom is 0.203 e. The lowest BCUT2D eigenvalue weighted by molar-refractivity contribution is -0.112. The van der Waals surface area contributed by atoms with Gasteiger partial charge in [-0.1, -0.05) is 54.7 Å². The highest BCUT2D eigenvalue weighted by Crippen LogP contribution is 2.29. The van der Waals surface area contributed by atoms with E-state index in [2.05, 4.69) is 22.1 Å². The van der Waals surface area contributed by atoms with Crippen LogP contribution in [0, 0.1) is 11.3 Å². The van der Waals surface area contributed by atoms with Crippen LogP contribution in [0.4, 0.5) is 5.82 Å². The predicted octanol–water partition coefficient (Wildman–Crippen LogP) is 4.44. The van der Waals surface area contributed by atoms with E-state index in [9.17, 15) is 4.79 Å². The highest BCUT2D eigenvalue weighted by atomic mass is 32.1. The Morgan fingerprint density at radius 1 is 1.32 bits per heavy atom. The Hall–Kier alpha value is -3.19. The van der Waals surface area contributed by atoms with Crippen LogP contribution < -0.4 is 9.64 Å². The molecule has 0 fully saturated rings. The van der Waals surface area contributed by atoms with Gasteiger partial charge in [-0.2, -0.15) is 0 Å². The van der Waals surface area contributed by atoms with E-state index in [-0.39, 0.29) is 24.0 Å². The summed E-state index contributed by atoms with van der Waals surface area (Å²) >= 11 is 5.56. The van der Waals surface area contributed by atoms with Gasteiger partial charge >= 0.3 is 0 Å². The fourth-order valence-corrected chi connectivity index (χ4v) is 3.43. The summed E-state index contributed by atoms with van der Waals surface area (Å²) in [6, 6.07) is 13.9. The number of nitrogens with one attached hydrogen (secondary N) is 1. The Morgan fingerprint density at radius 2 is 2.13 bits per heavy atom. The second kappa shape index (κ2) is 11.3. The van der Waals surface area contributed by atoms with Crippen LogP contribution in [0.15, 0.2) is 65.8 Å². The predicted molar refractivity (Wildman–Crippen MR) is 129 cm³/mol. The summed E-state index contributed by atoms with van der Waals surface area (Å²) < 4.78 is 5.82. The lowest BCUT2D eigenvalue weighted by Crippen LogP contribution is -2.31. The minimum absolute atomic E-state index is 0.105. The van der Waals surface area contributed by atoms with Gasteiger partial charge in [0.15, 0.2) is 17.4 Å². The molecule has 31 heavy (non-hydrogen) atoms. The molecular formula is C24H26N4O2S. The van der Waals surface area contributed by atoms with Gasteiger partial charge in [0, 0.05) is 25.9 Å². The van der Waals surface area contributed by atoms with E-state index in [1.807, 2.05) is 48.4 Å². The number of fused-ring (bicyclic) bond motifs is 1. The van der Waals surface area contributed by atoms with Crippen molar-refractivity contribution in [2.24, 2.45) is 10.9 Å². The van der Waals surface area contributed by atoms with Crippen LogP contribution in [0.5, 0.6) is 5.75 Å². The molecule has 0 bridgehead atoms. The number of aromatic nitrogens is 1. The fourth-order valence-electron chi connectivity index (χ4n) is 3.19.